The van der Waals surface area contributed by atoms with E-state index in [9.17, 15) is 0 Å². The van der Waals surface area contributed by atoms with Gasteiger partial charge in [-0.2, -0.15) is 0 Å². The molecular weight excluding hydrogens is 456 g/mol. The first kappa shape index (κ1) is 21.8. The van der Waals surface area contributed by atoms with E-state index in [4.69, 9.17) is 9.40 Å². The number of thiophene rings is 2. The highest BCUT2D eigenvalue weighted by Gasteiger charge is 2.23. The summed E-state index contributed by atoms with van der Waals surface area (Å²) < 4.78 is 8.92. The average molecular weight is 485 g/mol. The third-order valence-electron chi connectivity index (χ3n) is 6.64. The van der Waals surface area contributed by atoms with Gasteiger partial charge in [0.1, 0.15) is 11.9 Å². The van der Waals surface area contributed by atoms with Gasteiger partial charge in [0.25, 0.3) is 0 Å². The molecule has 5 heteroatoms. The van der Waals surface area contributed by atoms with Gasteiger partial charge in [-0.1, -0.05) is 34.6 Å². The van der Waals surface area contributed by atoms with E-state index < -0.39 is 0 Å². The summed E-state index contributed by atoms with van der Waals surface area (Å²) in [5, 5.41) is 6.96. The lowest BCUT2D eigenvalue weighted by Gasteiger charge is -2.21. The van der Waals surface area contributed by atoms with E-state index in [0.717, 1.165) is 34.0 Å². The van der Waals surface area contributed by atoms with Crippen molar-refractivity contribution < 1.29 is 4.42 Å². The SMILES string of the molecule is Cc1sc2c(ccc3oc4ncnc(-c5cc(C(C)(C)C)c6sccc6c5)c4c32)c1CC(C)C. The average Bonchev–Trinajstić information content (AvgIpc) is 3.47. The lowest BCUT2D eigenvalue weighted by molar-refractivity contribution is 0.597. The molecule has 0 bridgehead atoms. The van der Waals surface area contributed by atoms with Crippen molar-refractivity contribution in [2.75, 3.05) is 0 Å². The van der Waals surface area contributed by atoms with Crippen molar-refractivity contribution in [2.45, 2.75) is 53.4 Å². The van der Waals surface area contributed by atoms with Gasteiger partial charge < -0.3 is 4.42 Å². The van der Waals surface area contributed by atoms with Gasteiger partial charge in [0, 0.05) is 25.2 Å². The molecule has 0 aliphatic carbocycles. The van der Waals surface area contributed by atoms with Gasteiger partial charge >= 0.3 is 0 Å². The van der Waals surface area contributed by atoms with Crippen LogP contribution in [-0.4, -0.2) is 9.97 Å². The van der Waals surface area contributed by atoms with Gasteiger partial charge in [-0.15, -0.1) is 22.7 Å². The first-order chi connectivity index (χ1) is 16.2. The lowest BCUT2D eigenvalue weighted by Crippen LogP contribution is -2.11. The van der Waals surface area contributed by atoms with Crippen molar-refractivity contribution >= 4 is 64.9 Å². The molecule has 4 heterocycles. The van der Waals surface area contributed by atoms with Crippen molar-refractivity contribution in [2.24, 2.45) is 5.92 Å². The van der Waals surface area contributed by atoms with Crippen molar-refractivity contribution in [3.63, 3.8) is 0 Å². The molecule has 0 spiro atoms. The number of benzene rings is 2. The molecular formula is C29H28N2OS2. The van der Waals surface area contributed by atoms with Crippen molar-refractivity contribution in [3.8, 4) is 11.3 Å². The Morgan fingerprint density at radius 3 is 2.59 bits per heavy atom. The van der Waals surface area contributed by atoms with Gasteiger partial charge in [-0.3, -0.25) is 0 Å². The molecule has 0 N–H and O–H groups in total. The second kappa shape index (κ2) is 7.62. The van der Waals surface area contributed by atoms with E-state index >= 15 is 0 Å². The summed E-state index contributed by atoms with van der Waals surface area (Å²) in [5.74, 6) is 0.611. The number of fused-ring (bicyclic) bond motifs is 6. The summed E-state index contributed by atoms with van der Waals surface area (Å²) in [7, 11) is 0. The third-order valence-corrected chi connectivity index (χ3v) is 8.78. The summed E-state index contributed by atoms with van der Waals surface area (Å²) in [6, 6.07) is 11.1. The van der Waals surface area contributed by atoms with Crippen LogP contribution in [0.4, 0.5) is 0 Å². The number of aryl methyl sites for hydroxylation is 1. The maximum atomic E-state index is 6.28. The number of nitrogens with zero attached hydrogens (tertiary/aromatic N) is 2. The monoisotopic (exact) mass is 484 g/mol. The van der Waals surface area contributed by atoms with Crippen LogP contribution in [0, 0.1) is 12.8 Å². The summed E-state index contributed by atoms with van der Waals surface area (Å²) in [6.45, 7) is 13.7. The van der Waals surface area contributed by atoms with Crippen molar-refractivity contribution in [3.05, 3.63) is 58.0 Å². The Labute approximate surface area is 207 Å². The summed E-state index contributed by atoms with van der Waals surface area (Å²) in [5.41, 5.74) is 6.46. The van der Waals surface area contributed by atoms with Crippen LogP contribution >= 0.6 is 22.7 Å². The van der Waals surface area contributed by atoms with Crippen LogP contribution in [0.25, 0.3) is 53.5 Å². The molecule has 6 rings (SSSR count). The zero-order chi connectivity index (χ0) is 23.8. The molecule has 6 aromatic rings. The van der Waals surface area contributed by atoms with Gasteiger partial charge in [-0.05, 0) is 82.3 Å². The molecule has 0 amide bonds. The van der Waals surface area contributed by atoms with Crippen LogP contribution < -0.4 is 0 Å². The smallest absolute Gasteiger partial charge is 0.231 e. The van der Waals surface area contributed by atoms with Gasteiger partial charge in [-0.25, -0.2) is 9.97 Å². The van der Waals surface area contributed by atoms with Crippen LogP contribution in [0.3, 0.4) is 0 Å². The zero-order valence-corrected chi connectivity index (χ0v) is 22.1. The molecule has 0 fully saturated rings. The summed E-state index contributed by atoms with van der Waals surface area (Å²) in [4.78, 5) is 10.8. The van der Waals surface area contributed by atoms with Gasteiger partial charge in [0.05, 0.1) is 11.1 Å². The van der Waals surface area contributed by atoms with E-state index in [1.165, 1.54) is 36.2 Å². The first-order valence-corrected chi connectivity index (χ1v) is 13.5. The van der Waals surface area contributed by atoms with Crippen molar-refractivity contribution in [1.29, 1.82) is 0 Å². The van der Waals surface area contributed by atoms with E-state index in [2.05, 4.69) is 82.2 Å². The first-order valence-electron chi connectivity index (χ1n) is 11.8. The Morgan fingerprint density at radius 1 is 1.00 bits per heavy atom. The number of rotatable bonds is 3. The zero-order valence-electron chi connectivity index (χ0n) is 20.4. The molecule has 0 unspecified atom stereocenters. The molecule has 0 radical (unpaired) electrons. The largest absolute Gasteiger partial charge is 0.438 e. The molecule has 4 aromatic heterocycles. The minimum Gasteiger partial charge on any atom is -0.438 e. The predicted molar refractivity (Wildman–Crippen MR) is 147 cm³/mol. The van der Waals surface area contributed by atoms with Crippen LogP contribution in [0.5, 0.6) is 0 Å². The fourth-order valence-corrected chi connectivity index (χ4v) is 7.40. The predicted octanol–water partition coefficient (Wildman–Crippen LogP) is 9.28. The second-order valence-corrected chi connectivity index (χ2v) is 12.8. The molecule has 2 aromatic carbocycles. The van der Waals surface area contributed by atoms with Crippen molar-refractivity contribution in [1.82, 2.24) is 9.97 Å². The molecule has 0 saturated heterocycles. The highest BCUT2D eigenvalue weighted by molar-refractivity contribution is 7.20. The maximum absolute atomic E-state index is 6.28. The molecule has 0 saturated carbocycles. The maximum Gasteiger partial charge on any atom is 0.231 e. The summed E-state index contributed by atoms with van der Waals surface area (Å²) in [6.07, 6.45) is 2.72. The Bertz CT molecular complexity index is 1710. The molecule has 0 atom stereocenters. The molecule has 0 aliphatic heterocycles. The Kier molecular flexibility index (Phi) is 4.88. The Hall–Kier alpha value is -2.76. The van der Waals surface area contributed by atoms with E-state index in [0.29, 0.717) is 11.6 Å². The van der Waals surface area contributed by atoms with Crippen LogP contribution in [0.1, 0.15) is 50.6 Å². The lowest BCUT2D eigenvalue weighted by atomic mass is 9.85. The number of aromatic nitrogens is 2. The van der Waals surface area contributed by atoms with E-state index in [1.807, 2.05) is 22.7 Å². The number of furan rings is 1. The van der Waals surface area contributed by atoms with E-state index in [-0.39, 0.29) is 5.41 Å². The standard InChI is InChI=1S/C29H28N2OS2/c1-15(2)11-20-16(3)34-27-19(20)7-8-22-23(27)24-25(30-14-31-28(24)32-22)18-12-17-9-10-33-26(17)21(13-18)29(4,5)6/h7-10,12-15H,11H2,1-6H3. The third kappa shape index (κ3) is 3.29. The van der Waals surface area contributed by atoms with Crippen LogP contribution in [-0.2, 0) is 11.8 Å². The quantitative estimate of drug-likeness (QED) is 0.251. The molecule has 3 nitrogen and oxygen atoms in total. The Morgan fingerprint density at radius 2 is 1.82 bits per heavy atom. The fourth-order valence-electron chi connectivity index (χ4n) is 5.07. The van der Waals surface area contributed by atoms with E-state index in [1.54, 1.807) is 6.33 Å². The topological polar surface area (TPSA) is 38.9 Å². The Balaban J connectivity index is 1.71. The number of hydrogen-bond donors (Lipinski definition) is 0. The van der Waals surface area contributed by atoms with Crippen LogP contribution in [0.15, 0.2) is 46.5 Å². The molecule has 172 valence electrons. The minimum absolute atomic E-state index is 0.0353. The second-order valence-electron chi connectivity index (χ2n) is 10.7. The van der Waals surface area contributed by atoms with Gasteiger partial charge in [0.2, 0.25) is 5.71 Å². The highest BCUT2D eigenvalue weighted by Crippen LogP contribution is 2.44. The number of hydrogen-bond acceptors (Lipinski definition) is 5. The molecule has 34 heavy (non-hydrogen) atoms. The van der Waals surface area contributed by atoms with Crippen LogP contribution in [0.2, 0.25) is 0 Å². The highest BCUT2D eigenvalue weighted by atomic mass is 32.1. The van der Waals surface area contributed by atoms with Gasteiger partial charge in [0.15, 0.2) is 0 Å². The fraction of sp³-hybridized carbons (Fsp3) is 0.310. The molecule has 0 aliphatic rings. The minimum atomic E-state index is 0.0353. The normalized spacial score (nSPS) is 12.8. The summed E-state index contributed by atoms with van der Waals surface area (Å²) >= 11 is 3.68.